The number of hydrogen-bond acceptors (Lipinski definition) is 4. The van der Waals surface area contributed by atoms with E-state index >= 15 is 0 Å². The first-order valence-electron chi connectivity index (χ1n) is 10.0. The first-order valence-corrected chi connectivity index (χ1v) is 11.5. The Bertz CT molecular complexity index is 372. The first kappa shape index (κ1) is 28.1. The van der Waals surface area contributed by atoms with Crippen molar-refractivity contribution in [2.45, 2.75) is 122 Å². The minimum Gasteiger partial charge on any atom is -0.748 e. The quantitative estimate of drug-likeness (QED) is 0.236. The Labute approximate surface area is 178 Å². The van der Waals surface area contributed by atoms with E-state index in [1.807, 2.05) is 0 Å². The van der Waals surface area contributed by atoms with Crippen molar-refractivity contribution in [2.24, 2.45) is 0 Å². The summed E-state index contributed by atoms with van der Waals surface area (Å²) in [5, 5.41) is 8.49. The molecule has 4 nitrogen and oxygen atoms in total. The van der Waals surface area contributed by atoms with Gasteiger partial charge in [0.05, 0.1) is 16.2 Å². The van der Waals surface area contributed by atoms with Crippen molar-refractivity contribution in [3.63, 3.8) is 0 Å². The third kappa shape index (κ3) is 19.4. The fourth-order valence-corrected chi connectivity index (χ4v) is 4.01. The molecule has 0 saturated carbocycles. The van der Waals surface area contributed by atoms with Crippen molar-refractivity contribution in [1.82, 2.24) is 0 Å². The van der Waals surface area contributed by atoms with E-state index in [0.717, 1.165) is 57.8 Å². The predicted molar refractivity (Wildman–Crippen MR) is 100 cm³/mol. The van der Waals surface area contributed by atoms with E-state index in [-0.39, 0.29) is 35.7 Å². The minimum absolute atomic E-state index is 0. The molecule has 0 aromatic rings. The summed E-state index contributed by atoms with van der Waals surface area (Å²) in [7, 11) is -4.16. The monoisotopic (exact) mass is 386 g/mol. The van der Waals surface area contributed by atoms with E-state index in [0.29, 0.717) is 12.8 Å². The molecule has 0 aliphatic carbocycles. The van der Waals surface area contributed by atoms with E-state index in [1.165, 1.54) is 25.7 Å². The van der Waals surface area contributed by atoms with Crippen LogP contribution in [0.4, 0.5) is 0 Å². The molecule has 0 aromatic carbocycles. The molecule has 2 unspecified atom stereocenters. The molecule has 6 heteroatoms. The van der Waals surface area contributed by atoms with Crippen molar-refractivity contribution in [3.05, 3.63) is 0 Å². The van der Waals surface area contributed by atoms with Crippen LogP contribution >= 0.6 is 0 Å². The fourth-order valence-electron chi connectivity index (χ4n) is 3.10. The second-order valence-corrected chi connectivity index (χ2v) is 8.87. The number of unbranched alkanes of at least 4 members (excludes halogenated alkanes) is 10. The van der Waals surface area contributed by atoms with Crippen LogP contribution in [0.25, 0.3) is 0 Å². The number of aliphatic hydroxyl groups excluding tert-OH is 1. The molecule has 0 radical (unpaired) electrons. The minimum atomic E-state index is -4.16. The maximum absolute atomic E-state index is 11.4. The van der Waals surface area contributed by atoms with E-state index < -0.39 is 15.4 Å². The molecule has 0 aliphatic heterocycles. The summed E-state index contributed by atoms with van der Waals surface area (Å²) in [5.41, 5.74) is 0. The van der Waals surface area contributed by atoms with Crippen LogP contribution in [0, 0.1) is 0 Å². The molecule has 0 saturated heterocycles. The summed E-state index contributed by atoms with van der Waals surface area (Å²) in [6.45, 7) is 3.99. The zero-order valence-corrected chi connectivity index (χ0v) is 19.7. The van der Waals surface area contributed by atoms with Gasteiger partial charge < -0.3 is 9.66 Å². The van der Waals surface area contributed by atoms with Crippen LogP contribution in [0.1, 0.15) is 110 Å². The molecule has 0 bridgehead atoms. The zero-order chi connectivity index (χ0) is 18.3. The van der Waals surface area contributed by atoms with Gasteiger partial charge in [-0.25, -0.2) is 8.42 Å². The van der Waals surface area contributed by atoms with Crippen molar-refractivity contribution in [1.29, 1.82) is 0 Å². The molecule has 146 valence electrons. The van der Waals surface area contributed by atoms with Gasteiger partial charge in [0.1, 0.15) is 0 Å². The Hall–Kier alpha value is 0.870. The third-order valence-corrected chi connectivity index (χ3v) is 5.97. The number of rotatable bonds is 17. The van der Waals surface area contributed by atoms with Crippen LogP contribution in [0.5, 0.6) is 0 Å². The Morgan fingerprint density at radius 1 is 0.760 bits per heavy atom. The summed E-state index contributed by atoms with van der Waals surface area (Å²) in [6, 6.07) is 0. The molecule has 25 heavy (non-hydrogen) atoms. The van der Waals surface area contributed by atoms with Gasteiger partial charge >= 0.3 is 29.6 Å². The molecule has 0 spiro atoms. The van der Waals surface area contributed by atoms with Crippen molar-refractivity contribution in [3.8, 4) is 0 Å². The SMILES string of the molecule is CCCCCCCCCC(CCCCCCCC(C)O)S(=O)(=O)[O-].[Na+]. The van der Waals surface area contributed by atoms with Gasteiger partial charge in [0.15, 0.2) is 0 Å². The van der Waals surface area contributed by atoms with Crippen LogP contribution in [-0.2, 0) is 10.1 Å². The van der Waals surface area contributed by atoms with Gasteiger partial charge in [-0.05, 0) is 26.2 Å². The molecule has 0 amide bonds. The second-order valence-electron chi connectivity index (χ2n) is 7.22. The molecule has 0 rings (SSSR count). The summed E-state index contributed by atoms with van der Waals surface area (Å²) in [5.74, 6) is 0. The third-order valence-electron chi connectivity index (χ3n) is 4.69. The summed E-state index contributed by atoms with van der Waals surface area (Å²) >= 11 is 0. The van der Waals surface area contributed by atoms with E-state index in [4.69, 9.17) is 0 Å². The molecule has 0 aromatic heterocycles. The Morgan fingerprint density at radius 3 is 1.48 bits per heavy atom. The second kappa shape index (κ2) is 18.2. The van der Waals surface area contributed by atoms with Gasteiger partial charge in [0, 0.05) is 5.25 Å². The van der Waals surface area contributed by atoms with Crippen molar-refractivity contribution >= 4 is 10.1 Å². The summed E-state index contributed by atoms with van der Waals surface area (Å²) in [6.07, 6.45) is 14.6. The van der Waals surface area contributed by atoms with Crippen molar-refractivity contribution in [2.75, 3.05) is 0 Å². The standard InChI is InChI=1S/C19H40O4S.Na/c1-3-4-5-6-7-10-13-16-19(24(21,22)23)17-14-11-8-9-12-15-18(2)20;/h18-20H,3-17H2,1-2H3,(H,21,22,23);/q;+1/p-1. The number of hydrogen-bond donors (Lipinski definition) is 1. The van der Waals surface area contributed by atoms with Crippen LogP contribution in [0.3, 0.4) is 0 Å². The smallest absolute Gasteiger partial charge is 0.748 e. The predicted octanol–water partition coefficient (Wildman–Crippen LogP) is 2.16. The fraction of sp³-hybridized carbons (Fsp3) is 1.00. The van der Waals surface area contributed by atoms with Gasteiger partial charge in [-0.2, -0.15) is 0 Å². The van der Waals surface area contributed by atoms with E-state index in [2.05, 4.69) is 6.92 Å². The maximum Gasteiger partial charge on any atom is 1.00 e. The summed E-state index contributed by atoms with van der Waals surface area (Å²) in [4.78, 5) is 0. The van der Waals surface area contributed by atoms with Crippen LogP contribution in [0.2, 0.25) is 0 Å². The molecular weight excluding hydrogens is 347 g/mol. The van der Waals surface area contributed by atoms with Gasteiger partial charge in [-0.1, -0.05) is 84.0 Å². The first-order chi connectivity index (χ1) is 11.4. The van der Waals surface area contributed by atoms with Crippen LogP contribution in [0.15, 0.2) is 0 Å². The van der Waals surface area contributed by atoms with Gasteiger partial charge in [-0.15, -0.1) is 0 Å². The van der Waals surface area contributed by atoms with E-state index in [1.54, 1.807) is 6.92 Å². The zero-order valence-electron chi connectivity index (χ0n) is 16.8. The van der Waals surface area contributed by atoms with Crippen LogP contribution in [-0.4, -0.2) is 29.4 Å². The molecular formula is C19H39NaO4S. The average Bonchev–Trinajstić information content (AvgIpc) is 2.49. The average molecular weight is 387 g/mol. The summed E-state index contributed by atoms with van der Waals surface area (Å²) < 4.78 is 34.2. The molecule has 0 heterocycles. The number of aliphatic hydroxyl groups is 1. The maximum atomic E-state index is 11.4. The van der Waals surface area contributed by atoms with Crippen molar-refractivity contribution < 1.29 is 47.6 Å². The van der Waals surface area contributed by atoms with Gasteiger partial charge in [0.2, 0.25) is 0 Å². The van der Waals surface area contributed by atoms with Gasteiger partial charge in [-0.3, -0.25) is 0 Å². The van der Waals surface area contributed by atoms with Gasteiger partial charge in [0.25, 0.3) is 0 Å². The Kier molecular flexibility index (Phi) is 20.5. The van der Waals surface area contributed by atoms with Crippen LogP contribution < -0.4 is 29.6 Å². The normalized spacial score (nSPS) is 14.1. The molecule has 0 fully saturated rings. The molecule has 0 aliphatic rings. The topological polar surface area (TPSA) is 77.4 Å². The van der Waals surface area contributed by atoms with E-state index in [9.17, 15) is 18.1 Å². The Balaban J connectivity index is 0. The molecule has 1 N–H and O–H groups in total. The molecule has 2 atom stereocenters. The Morgan fingerprint density at radius 2 is 1.12 bits per heavy atom. The largest absolute Gasteiger partial charge is 1.00 e.